The predicted molar refractivity (Wildman–Crippen MR) is 66.4 cm³/mol. The first-order valence-electron chi connectivity index (χ1n) is 5.56. The third-order valence-corrected chi connectivity index (χ3v) is 2.66. The molecule has 0 aromatic carbocycles. The van der Waals surface area contributed by atoms with Crippen LogP contribution in [0.3, 0.4) is 0 Å². The van der Waals surface area contributed by atoms with Gasteiger partial charge in [-0.15, -0.1) is 0 Å². The maximum Gasteiger partial charge on any atom is 0.197 e. The number of nitrogens with zero attached hydrogens (tertiary/aromatic N) is 2. The van der Waals surface area contributed by atoms with Crippen molar-refractivity contribution < 1.29 is 4.42 Å². The minimum absolute atomic E-state index is 0.556. The van der Waals surface area contributed by atoms with E-state index in [1.807, 2.05) is 32.9 Å². The molecule has 5 nitrogen and oxygen atoms in total. The normalized spacial score (nSPS) is 10.6. The summed E-state index contributed by atoms with van der Waals surface area (Å²) in [6.45, 7) is 5.88. The Kier molecular flexibility index (Phi) is 3.10. The number of nitrogen functional groups attached to an aromatic ring is 1. The Hall–Kier alpha value is -1.88. The van der Waals surface area contributed by atoms with Crippen LogP contribution >= 0.6 is 0 Å². The fourth-order valence-corrected chi connectivity index (χ4v) is 1.80. The second-order valence-electron chi connectivity index (χ2n) is 3.87. The molecule has 2 aromatic rings. The quantitative estimate of drug-likeness (QED) is 0.626. The number of rotatable bonds is 3. The van der Waals surface area contributed by atoms with Gasteiger partial charge in [-0.1, -0.05) is 6.92 Å². The van der Waals surface area contributed by atoms with Gasteiger partial charge in [0.15, 0.2) is 11.6 Å². The summed E-state index contributed by atoms with van der Waals surface area (Å²) in [6.07, 6.45) is 0.836. The SMILES string of the molecule is CCc1c(C)nc(-c2ccc(C)o2)nc1NN. The summed E-state index contributed by atoms with van der Waals surface area (Å²) in [4.78, 5) is 8.80. The van der Waals surface area contributed by atoms with Crippen molar-refractivity contribution in [2.24, 2.45) is 5.84 Å². The van der Waals surface area contributed by atoms with Gasteiger partial charge >= 0.3 is 0 Å². The molecule has 2 aromatic heterocycles. The minimum atomic E-state index is 0.556. The zero-order valence-corrected chi connectivity index (χ0v) is 10.2. The predicted octanol–water partition coefficient (Wildman–Crippen LogP) is 2.20. The number of hydrogen-bond donors (Lipinski definition) is 2. The van der Waals surface area contributed by atoms with Crippen molar-refractivity contribution in [3.63, 3.8) is 0 Å². The van der Waals surface area contributed by atoms with Gasteiger partial charge in [0.05, 0.1) is 0 Å². The van der Waals surface area contributed by atoms with Gasteiger partial charge in [0.1, 0.15) is 11.6 Å². The van der Waals surface area contributed by atoms with Crippen LogP contribution in [0.15, 0.2) is 16.5 Å². The van der Waals surface area contributed by atoms with Crippen LogP contribution in [0.5, 0.6) is 0 Å². The van der Waals surface area contributed by atoms with Crippen LogP contribution in [0.2, 0.25) is 0 Å². The fourth-order valence-electron chi connectivity index (χ4n) is 1.80. The average molecular weight is 232 g/mol. The highest BCUT2D eigenvalue weighted by atomic mass is 16.3. The second kappa shape index (κ2) is 4.55. The standard InChI is InChI=1S/C12H16N4O/c1-4-9-8(3)14-12(15-11(9)16-13)10-6-5-7(2)17-10/h5-6H,4,13H2,1-3H3,(H,14,15,16). The molecule has 0 amide bonds. The summed E-state index contributed by atoms with van der Waals surface area (Å²) in [7, 11) is 0. The van der Waals surface area contributed by atoms with Gasteiger partial charge in [-0.2, -0.15) is 0 Å². The Labute approximate surface area is 100 Å². The van der Waals surface area contributed by atoms with E-state index in [1.165, 1.54) is 0 Å². The van der Waals surface area contributed by atoms with Gasteiger partial charge in [-0.25, -0.2) is 15.8 Å². The molecule has 0 aliphatic rings. The van der Waals surface area contributed by atoms with E-state index in [0.29, 0.717) is 17.4 Å². The summed E-state index contributed by atoms with van der Waals surface area (Å²) in [5.41, 5.74) is 4.56. The molecule has 3 N–H and O–H groups in total. The monoisotopic (exact) mass is 232 g/mol. The average Bonchev–Trinajstić information content (AvgIpc) is 2.74. The number of hydrazine groups is 1. The topological polar surface area (TPSA) is 77.0 Å². The molecule has 5 heteroatoms. The van der Waals surface area contributed by atoms with Crippen LogP contribution in [0.4, 0.5) is 5.82 Å². The van der Waals surface area contributed by atoms with E-state index in [0.717, 1.165) is 23.4 Å². The molecule has 17 heavy (non-hydrogen) atoms. The van der Waals surface area contributed by atoms with Crippen LogP contribution in [0.1, 0.15) is 23.9 Å². The molecule has 0 radical (unpaired) electrons. The highest BCUT2D eigenvalue weighted by Crippen LogP contribution is 2.23. The first-order chi connectivity index (χ1) is 8.15. The van der Waals surface area contributed by atoms with Crippen LogP contribution in [0.25, 0.3) is 11.6 Å². The number of nitrogens with two attached hydrogens (primary N) is 1. The maximum atomic E-state index is 5.50. The minimum Gasteiger partial charge on any atom is -0.458 e. The highest BCUT2D eigenvalue weighted by molar-refractivity contribution is 5.55. The molecule has 0 unspecified atom stereocenters. The van der Waals surface area contributed by atoms with Crippen molar-refractivity contribution in [2.75, 3.05) is 5.43 Å². The van der Waals surface area contributed by atoms with E-state index in [-0.39, 0.29) is 0 Å². The van der Waals surface area contributed by atoms with E-state index < -0.39 is 0 Å². The van der Waals surface area contributed by atoms with Crippen molar-refractivity contribution >= 4 is 5.82 Å². The number of anilines is 1. The van der Waals surface area contributed by atoms with Gasteiger partial charge in [-0.3, -0.25) is 0 Å². The van der Waals surface area contributed by atoms with Gasteiger partial charge in [-0.05, 0) is 32.4 Å². The Morgan fingerprint density at radius 1 is 1.29 bits per heavy atom. The van der Waals surface area contributed by atoms with E-state index in [9.17, 15) is 0 Å². The molecule has 90 valence electrons. The Morgan fingerprint density at radius 2 is 2.06 bits per heavy atom. The number of nitrogens with one attached hydrogen (secondary N) is 1. The molecule has 0 saturated heterocycles. The number of hydrogen-bond acceptors (Lipinski definition) is 5. The Morgan fingerprint density at radius 3 is 2.59 bits per heavy atom. The molecular weight excluding hydrogens is 216 g/mol. The van der Waals surface area contributed by atoms with Crippen LogP contribution < -0.4 is 11.3 Å². The van der Waals surface area contributed by atoms with E-state index >= 15 is 0 Å². The van der Waals surface area contributed by atoms with Gasteiger partial charge in [0.2, 0.25) is 0 Å². The summed E-state index contributed by atoms with van der Waals surface area (Å²) >= 11 is 0. The summed E-state index contributed by atoms with van der Waals surface area (Å²) in [5.74, 6) is 8.18. The molecule has 0 bridgehead atoms. The molecule has 0 fully saturated rings. The molecule has 0 aliphatic heterocycles. The van der Waals surface area contributed by atoms with Crippen molar-refractivity contribution in [1.29, 1.82) is 0 Å². The Bertz CT molecular complexity index is 533. The fraction of sp³-hybridized carbons (Fsp3) is 0.333. The van der Waals surface area contributed by atoms with Gasteiger partial charge < -0.3 is 9.84 Å². The van der Waals surface area contributed by atoms with Crippen molar-refractivity contribution in [2.45, 2.75) is 27.2 Å². The molecule has 0 atom stereocenters. The van der Waals surface area contributed by atoms with Crippen molar-refractivity contribution in [3.8, 4) is 11.6 Å². The lowest BCUT2D eigenvalue weighted by molar-refractivity contribution is 0.544. The summed E-state index contributed by atoms with van der Waals surface area (Å²) < 4.78 is 5.50. The Balaban J connectivity index is 2.53. The smallest absolute Gasteiger partial charge is 0.197 e. The molecule has 0 saturated carbocycles. The summed E-state index contributed by atoms with van der Waals surface area (Å²) in [6, 6.07) is 3.74. The third kappa shape index (κ3) is 2.14. The van der Waals surface area contributed by atoms with E-state index in [1.54, 1.807) is 0 Å². The molecule has 2 heterocycles. The molecule has 0 aliphatic carbocycles. The lowest BCUT2D eigenvalue weighted by Gasteiger charge is -2.10. The van der Waals surface area contributed by atoms with Crippen LogP contribution in [-0.4, -0.2) is 9.97 Å². The first-order valence-corrected chi connectivity index (χ1v) is 5.56. The van der Waals surface area contributed by atoms with Crippen LogP contribution in [0, 0.1) is 13.8 Å². The van der Waals surface area contributed by atoms with E-state index in [4.69, 9.17) is 10.3 Å². The van der Waals surface area contributed by atoms with Crippen LogP contribution in [-0.2, 0) is 6.42 Å². The number of aryl methyl sites for hydroxylation is 2. The largest absolute Gasteiger partial charge is 0.458 e. The lowest BCUT2D eigenvalue weighted by Crippen LogP contribution is -2.13. The van der Waals surface area contributed by atoms with Gasteiger partial charge in [0.25, 0.3) is 0 Å². The lowest BCUT2D eigenvalue weighted by atomic mass is 10.1. The molecule has 0 spiro atoms. The van der Waals surface area contributed by atoms with Crippen molar-refractivity contribution in [1.82, 2.24) is 9.97 Å². The van der Waals surface area contributed by atoms with Crippen molar-refractivity contribution in [3.05, 3.63) is 29.2 Å². The zero-order valence-electron chi connectivity index (χ0n) is 10.2. The summed E-state index contributed by atoms with van der Waals surface area (Å²) in [5, 5.41) is 0. The molecular formula is C12H16N4O. The number of aromatic nitrogens is 2. The highest BCUT2D eigenvalue weighted by Gasteiger charge is 2.12. The number of furan rings is 1. The first kappa shape index (κ1) is 11.6. The maximum absolute atomic E-state index is 5.50. The third-order valence-electron chi connectivity index (χ3n) is 2.66. The van der Waals surface area contributed by atoms with Gasteiger partial charge in [0, 0.05) is 11.3 Å². The van der Waals surface area contributed by atoms with E-state index in [2.05, 4.69) is 15.4 Å². The zero-order chi connectivity index (χ0) is 12.4. The second-order valence-corrected chi connectivity index (χ2v) is 3.87. The molecule has 2 rings (SSSR count).